The summed E-state index contributed by atoms with van der Waals surface area (Å²) in [6.07, 6.45) is 4.00. The van der Waals surface area contributed by atoms with Crippen LogP contribution >= 0.6 is 0 Å². The van der Waals surface area contributed by atoms with Crippen LogP contribution in [0.3, 0.4) is 0 Å². The highest BCUT2D eigenvalue weighted by Crippen LogP contribution is 2.38. The molecule has 0 radical (unpaired) electrons. The highest BCUT2D eigenvalue weighted by molar-refractivity contribution is 5.29. The molecule has 3 nitrogen and oxygen atoms in total. The average molecular weight is 265 g/mol. The summed E-state index contributed by atoms with van der Waals surface area (Å²) in [6.45, 7) is 1.52. The molecule has 0 bridgehead atoms. The van der Waals surface area contributed by atoms with Crippen LogP contribution in [-0.2, 0) is 11.3 Å². The van der Waals surface area contributed by atoms with Gasteiger partial charge in [-0.05, 0) is 42.9 Å². The number of halogens is 1. The maximum absolute atomic E-state index is 13.6. The lowest BCUT2D eigenvalue weighted by atomic mass is 10.1. The highest BCUT2D eigenvalue weighted by Gasteiger charge is 2.40. The molecule has 2 atom stereocenters. The molecule has 0 spiro atoms. The fourth-order valence-electron chi connectivity index (χ4n) is 2.79. The molecule has 1 aliphatic carbocycles. The lowest BCUT2D eigenvalue weighted by Crippen LogP contribution is -2.37. The number of hydrogen-bond acceptors (Lipinski definition) is 3. The first-order valence-electron chi connectivity index (χ1n) is 6.95. The summed E-state index contributed by atoms with van der Waals surface area (Å²) in [4.78, 5) is 0. The highest BCUT2D eigenvalue weighted by atomic mass is 19.1. The van der Waals surface area contributed by atoms with Crippen molar-refractivity contribution >= 4 is 0 Å². The summed E-state index contributed by atoms with van der Waals surface area (Å²) in [7, 11) is 1.48. The number of nitrogens with one attached hydrogen (secondary N) is 1. The molecular formula is C15H20FNO2. The summed E-state index contributed by atoms with van der Waals surface area (Å²) < 4.78 is 24.3. The van der Waals surface area contributed by atoms with Gasteiger partial charge in [0.2, 0.25) is 0 Å². The van der Waals surface area contributed by atoms with Crippen molar-refractivity contribution in [1.82, 2.24) is 5.32 Å². The van der Waals surface area contributed by atoms with Gasteiger partial charge in [0.15, 0.2) is 11.6 Å². The predicted octanol–water partition coefficient (Wildman–Crippen LogP) is 2.49. The second-order valence-electron chi connectivity index (χ2n) is 5.42. The molecule has 1 saturated carbocycles. The minimum atomic E-state index is -0.303. The Morgan fingerprint density at radius 2 is 2.21 bits per heavy atom. The van der Waals surface area contributed by atoms with E-state index < -0.39 is 0 Å². The molecule has 2 fully saturated rings. The molecule has 1 aromatic carbocycles. The van der Waals surface area contributed by atoms with Gasteiger partial charge in [-0.15, -0.1) is 0 Å². The fraction of sp³-hybridized carbons (Fsp3) is 0.600. The molecule has 1 aliphatic heterocycles. The molecule has 4 heteroatoms. The Bertz CT molecular complexity index is 448. The lowest BCUT2D eigenvalue weighted by Gasteiger charge is -2.19. The van der Waals surface area contributed by atoms with Crippen LogP contribution in [0.4, 0.5) is 4.39 Å². The van der Waals surface area contributed by atoms with Crippen molar-refractivity contribution in [2.45, 2.75) is 38.0 Å². The van der Waals surface area contributed by atoms with E-state index in [9.17, 15) is 4.39 Å². The molecule has 1 heterocycles. The first-order chi connectivity index (χ1) is 9.28. The Labute approximate surface area is 113 Å². The molecule has 1 aromatic rings. The Hall–Kier alpha value is -1.13. The van der Waals surface area contributed by atoms with E-state index in [0.29, 0.717) is 24.4 Å². The van der Waals surface area contributed by atoms with E-state index in [0.717, 1.165) is 24.5 Å². The number of ether oxygens (including phenoxy) is 2. The average Bonchev–Trinajstić information content (AvgIpc) is 3.15. The van der Waals surface area contributed by atoms with Gasteiger partial charge in [0.05, 0.1) is 13.2 Å². The Morgan fingerprint density at radius 1 is 1.37 bits per heavy atom. The summed E-state index contributed by atoms with van der Waals surface area (Å²) >= 11 is 0. The van der Waals surface area contributed by atoms with Crippen molar-refractivity contribution in [3.05, 3.63) is 29.6 Å². The number of hydrogen-bond donors (Lipinski definition) is 1. The van der Waals surface area contributed by atoms with Crippen LogP contribution in [0.5, 0.6) is 5.75 Å². The van der Waals surface area contributed by atoms with E-state index in [-0.39, 0.29) is 5.82 Å². The van der Waals surface area contributed by atoms with Gasteiger partial charge in [-0.1, -0.05) is 6.07 Å². The number of rotatable bonds is 5. The Morgan fingerprint density at radius 3 is 2.89 bits per heavy atom. The summed E-state index contributed by atoms with van der Waals surface area (Å²) in [5, 5.41) is 3.50. The van der Waals surface area contributed by atoms with Gasteiger partial charge in [0.25, 0.3) is 0 Å². The second kappa shape index (κ2) is 5.47. The van der Waals surface area contributed by atoms with E-state index >= 15 is 0 Å². The second-order valence-corrected chi connectivity index (χ2v) is 5.42. The van der Waals surface area contributed by atoms with Crippen LogP contribution in [0.2, 0.25) is 0 Å². The monoisotopic (exact) mass is 265 g/mol. The van der Waals surface area contributed by atoms with Crippen LogP contribution in [-0.4, -0.2) is 25.9 Å². The zero-order valence-electron chi connectivity index (χ0n) is 11.2. The molecule has 0 amide bonds. The van der Waals surface area contributed by atoms with E-state index in [4.69, 9.17) is 9.47 Å². The topological polar surface area (TPSA) is 30.5 Å². The third kappa shape index (κ3) is 2.90. The van der Waals surface area contributed by atoms with E-state index in [1.54, 1.807) is 6.07 Å². The SMILES string of the molecule is COc1ccc(CNC2CCOC2C2CC2)cc1F. The van der Waals surface area contributed by atoms with E-state index in [1.807, 2.05) is 6.07 Å². The van der Waals surface area contributed by atoms with E-state index in [2.05, 4.69) is 5.32 Å². The van der Waals surface area contributed by atoms with Gasteiger partial charge >= 0.3 is 0 Å². The van der Waals surface area contributed by atoms with Gasteiger partial charge < -0.3 is 14.8 Å². The third-order valence-corrected chi connectivity index (χ3v) is 4.01. The van der Waals surface area contributed by atoms with Gasteiger partial charge in [0.1, 0.15) is 0 Å². The Kier molecular flexibility index (Phi) is 3.71. The van der Waals surface area contributed by atoms with Gasteiger partial charge in [-0.2, -0.15) is 0 Å². The zero-order chi connectivity index (χ0) is 13.2. The van der Waals surface area contributed by atoms with Crippen molar-refractivity contribution in [3.8, 4) is 5.75 Å². The zero-order valence-corrected chi connectivity index (χ0v) is 11.2. The first-order valence-corrected chi connectivity index (χ1v) is 6.95. The van der Waals surface area contributed by atoms with Crippen molar-refractivity contribution in [2.75, 3.05) is 13.7 Å². The summed E-state index contributed by atoms with van der Waals surface area (Å²) in [6, 6.07) is 5.53. The van der Waals surface area contributed by atoms with E-state index in [1.165, 1.54) is 26.0 Å². The van der Waals surface area contributed by atoms with Crippen molar-refractivity contribution in [1.29, 1.82) is 0 Å². The minimum Gasteiger partial charge on any atom is -0.494 e. The van der Waals surface area contributed by atoms with Crippen LogP contribution in [0.25, 0.3) is 0 Å². The molecule has 0 aromatic heterocycles. The van der Waals surface area contributed by atoms with Crippen molar-refractivity contribution in [2.24, 2.45) is 5.92 Å². The molecular weight excluding hydrogens is 245 g/mol. The molecule has 19 heavy (non-hydrogen) atoms. The maximum atomic E-state index is 13.6. The van der Waals surface area contributed by atoms with Gasteiger partial charge in [0, 0.05) is 19.2 Å². The molecule has 3 rings (SSSR count). The standard InChI is InChI=1S/C15H20FNO2/c1-18-14-5-2-10(8-12(14)16)9-17-13-6-7-19-15(13)11-3-4-11/h2,5,8,11,13,15,17H,3-4,6-7,9H2,1H3. The molecule has 1 saturated heterocycles. The summed E-state index contributed by atoms with van der Waals surface area (Å²) in [5.74, 6) is 0.736. The van der Waals surface area contributed by atoms with Crippen molar-refractivity contribution < 1.29 is 13.9 Å². The van der Waals surface area contributed by atoms with Crippen LogP contribution in [0, 0.1) is 11.7 Å². The quantitative estimate of drug-likeness (QED) is 0.887. The van der Waals surface area contributed by atoms with Gasteiger partial charge in [-0.25, -0.2) is 4.39 Å². The van der Waals surface area contributed by atoms with Crippen LogP contribution in [0.1, 0.15) is 24.8 Å². The normalized spacial score (nSPS) is 26.6. The maximum Gasteiger partial charge on any atom is 0.165 e. The molecule has 1 N–H and O–H groups in total. The lowest BCUT2D eigenvalue weighted by molar-refractivity contribution is 0.0809. The van der Waals surface area contributed by atoms with Crippen molar-refractivity contribution in [3.63, 3.8) is 0 Å². The predicted molar refractivity (Wildman–Crippen MR) is 70.7 cm³/mol. The van der Waals surface area contributed by atoms with Crippen LogP contribution in [0.15, 0.2) is 18.2 Å². The Balaban J connectivity index is 1.58. The summed E-state index contributed by atoms with van der Waals surface area (Å²) in [5.41, 5.74) is 0.944. The largest absolute Gasteiger partial charge is 0.494 e. The first kappa shape index (κ1) is 12.9. The minimum absolute atomic E-state index is 0.295. The van der Waals surface area contributed by atoms with Gasteiger partial charge in [-0.3, -0.25) is 0 Å². The smallest absolute Gasteiger partial charge is 0.165 e. The fourth-order valence-corrected chi connectivity index (χ4v) is 2.79. The number of methoxy groups -OCH3 is 1. The molecule has 104 valence electrons. The molecule has 2 unspecified atom stereocenters. The van der Waals surface area contributed by atoms with Crippen LogP contribution < -0.4 is 10.1 Å². The molecule has 2 aliphatic rings. The number of benzene rings is 1. The third-order valence-electron chi connectivity index (χ3n) is 4.01.